The highest BCUT2D eigenvalue weighted by molar-refractivity contribution is 5.88. The number of hydrogen-bond acceptors (Lipinski definition) is 4. The van der Waals surface area contributed by atoms with Crippen molar-refractivity contribution in [1.82, 2.24) is 0 Å². The summed E-state index contributed by atoms with van der Waals surface area (Å²) in [4.78, 5) is 10.9. The van der Waals surface area contributed by atoms with E-state index in [1.807, 2.05) is 47.8 Å². The number of carboxylic acids is 1. The van der Waals surface area contributed by atoms with Crippen LogP contribution in [0.4, 0.5) is 11.4 Å². The maximum atomic E-state index is 10.9. The van der Waals surface area contributed by atoms with Crippen molar-refractivity contribution in [2.45, 2.75) is 6.92 Å². The third-order valence-electron chi connectivity index (χ3n) is 3.13. The minimum atomic E-state index is -0.936. The Kier molecular flexibility index (Phi) is 3.29. The average Bonchev–Trinajstić information content (AvgIpc) is 2.90. The molecule has 2 aromatic carbocycles. The molecule has 2 aromatic rings. The van der Waals surface area contributed by atoms with Crippen LogP contribution in [-0.2, 0) is 0 Å². The molecule has 0 amide bonds. The maximum absolute atomic E-state index is 10.9. The van der Waals surface area contributed by atoms with Gasteiger partial charge in [0.05, 0.1) is 11.3 Å². The highest BCUT2D eigenvalue weighted by Crippen LogP contribution is 2.22. The lowest BCUT2D eigenvalue weighted by atomic mass is 10.2. The van der Waals surface area contributed by atoms with Crippen molar-refractivity contribution in [2.75, 3.05) is 10.2 Å². The molecule has 0 aromatic heterocycles. The van der Waals surface area contributed by atoms with E-state index in [1.54, 1.807) is 29.4 Å². The number of amidine groups is 1. The summed E-state index contributed by atoms with van der Waals surface area (Å²) in [6.07, 6.45) is 0. The smallest absolute Gasteiger partial charge is 0.335 e. The van der Waals surface area contributed by atoms with E-state index in [0.717, 1.165) is 17.2 Å². The van der Waals surface area contributed by atoms with Crippen molar-refractivity contribution in [2.24, 2.45) is 5.10 Å². The van der Waals surface area contributed by atoms with Crippen molar-refractivity contribution in [3.8, 4) is 0 Å². The molecule has 106 valence electrons. The summed E-state index contributed by atoms with van der Waals surface area (Å²) >= 11 is 0. The van der Waals surface area contributed by atoms with Gasteiger partial charge in [-0.3, -0.25) is 0 Å². The molecule has 6 nitrogen and oxygen atoms in total. The van der Waals surface area contributed by atoms with Crippen molar-refractivity contribution < 1.29 is 15.3 Å². The Labute approximate surface area is 121 Å². The molecule has 0 aliphatic carbocycles. The number of nitrogens with two attached hydrogens (primary N) is 1. The van der Waals surface area contributed by atoms with Gasteiger partial charge in [-0.2, -0.15) is 5.43 Å². The molecule has 0 saturated carbocycles. The fourth-order valence-electron chi connectivity index (χ4n) is 2.14. The fraction of sp³-hybridized carbons (Fsp3) is 0.0667. The Morgan fingerprint density at radius 2 is 1.71 bits per heavy atom. The molecule has 1 heterocycles. The van der Waals surface area contributed by atoms with E-state index in [2.05, 4.69) is 5.10 Å². The third kappa shape index (κ3) is 2.56. The number of benzene rings is 2. The number of nitrogens with zero attached hydrogens (tertiary/aromatic N) is 3. The summed E-state index contributed by atoms with van der Waals surface area (Å²) in [5.41, 5.74) is 3.98. The predicted octanol–water partition coefficient (Wildman–Crippen LogP) is 1.44. The van der Waals surface area contributed by atoms with E-state index >= 15 is 0 Å². The minimum Gasteiger partial charge on any atom is -0.478 e. The van der Waals surface area contributed by atoms with Gasteiger partial charge in [-0.1, -0.05) is 23.3 Å². The van der Waals surface area contributed by atoms with Gasteiger partial charge in [0.25, 0.3) is 0 Å². The van der Waals surface area contributed by atoms with Crippen LogP contribution in [0.5, 0.6) is 0 Å². The third-order valence-corrected chi connectivity index (χ3v) is 3.13. The van der Waals surface area contributed by atoms with Crippen LogP contribution in [0.1, 0.15) is 17.3 Å². The summed E-state index contributed by atoms with van der Waals surface area (Å²) in [5, 5.41) is 17.1. The molecule has 21 heavy (non-hydrogen) atoms. The van der Waals surface area contributed by atoms with Gasteiger partial charge in [0, 0.05) is 6.92 Å². The van der Waals surface area contributed by atoms with E-state index in [-0.39, 0.29) is 5.56 Å². The summed E-state index contributed by atoms with van der Waals surface area (Å²) in [7, 11) is 0. The van der Waals surface area contributed by atoms with Gasteiger partial charge in [0.15, 0.2) is 0 Å². The summed E-state index contributed by atoms with van der Waals surface area (Å²) in [6.45, 7) is 1.92. The molecule has 0 fully saturated rings. The monoisotopic (exact) mass is 283 g/mol. The van der Waals surface area contributed by atoms with Crippen molar-refractivity contribution in [3.63, 3.8) is 0 Å². The Hall–Kier alpha value is -2.86. The second-order valence-corrected chi connectivity index (χ2v) is 4.69. The Balaban J connectivity index is 1.93. The molecule has 1 aliphatic rings. The van der Waals surface area contributed by atoms with Crippen LogP contribution in [0.25, 0.3) is 0 Å². The standard InChI is InChI=1S/C15H14N4O2/c1-11-16-18(13-5-3-2-4-6-13)19(17-11)14-9-7-12(8-10-14)15(20)21/h2-10H,1H3,(H,16,17)(H,20,21)/p+1. The molecule has 6 heteroatoms. The minimum absolute atomic E-state index is 0.258. The molecule has 0 bridgehead atoms. The lowest BCUT2D eigenvalue weighted by Crippen LogP contribution is -2.96. The van der Waals surface area contributed by atoms with Gasteiger partial charge in [-0.05, 0) is 36.4 Å². The summed E-state index contributed by atoms with van der Waals surface area (Å²) < 4.78 is 0. The molecule has 0 unspecified atom stereocenters. The molecule has 0 spiro atoms. The van der Waals surface area contributed by atoms with E-state index in [0.29, 0.717) is 0 Å². The molecule has 0 radical (unpaired) electrons. The summed E-state index contributed by atoms with van der Waals surface area (Å²) in [5.74, 6) is -0.0599. The van der Waals surface area contributed by atoms with Crippen LogP contribution < -0.4 is 15.7 Å². The first-order valence-corrected chi connectivity index (χ1v) is 6.53. The van der Waals surface area contributed by atoms with Crippen LogP contribution in [0, 0.1) is 0 Å². The quantitative estimate of drug-likeness (QED) is 0.836. The number of para-hydroxylation sites is 1. The van der Waals surface area contributed by atoms with Crippen LogP contribution in [-0.4, -0.2) is 16.9 Å². The zero-order valence-electron chi connectivity index (χ0n) is 11.5. The van der Waals surface area contributed by atoms with Gasteiger partial charge < -0.3 is 5.11 Å². The highest BCUT2D eigenvalue weighted by atomic mass is 16.4. The normalized spacial score (nSPS) is 14.2. The number of hydrogen-bond donors (Lipinski definition) is 2. The van der Waals surface area contributed by atoms with Crippen LogP contribution in [0.15, 0.2) is 59.7 Å². The first-order valence-electron chi connectivity index (χ1n) is 6.53. The molecule has 3 rings (SSSR count). The lowest BCUT2D eigenvalue weighted by Gasteiger charge is -2.23. The van der Waals surface area contributed by atoms with Crippen molar-refractivity contribution in [3.05, 3.63) is 60.2 Å². The second-order valence-electron chi connectivity index (χ2n) is 4.69. The number of carboxylic acid groups (broad SMARTS) is 1. The van der Waals surface area contributed by atoms with Gasteiger partial charge in [-0.15, -0.1) is 10.2 Å². The molecule has 0 saturated heterocycles. The topological polar surface area (TPSA) is 72.8 Å². The van der Waals surface area contributed by atoms with E-state index in [4.69, 9.17) is 5.11 Å². The van der Waals surface area contributed by atoms with Gasteiger partial charge in [0.2, 0.25) is 5.84 Å². The van der Waals surface area contributed by atoms with Crippen LogP contribution in [0.3, 0.4) is 0 Å². The van der Waals surface area contributed by atoms with Crippen LogP contribution in [0.2, 0.25) is 0 Å². The van der Waals surface area contributed by atoms with E-state index < -0.39 is 5.97 Å². The largest absolute Gasteiger partial charge is 0.478 e. The van der Waals surface area contributed by atoms with E-state index in [9.17, 15) is 4.79 Å². The molecule has 3 N–H and O–H groups in total. The summed E-state index contributed by atoms with van der Waals surface area (Å²) in [6, 6.07) is 16.5. The van der Waals surface area contributed by atoms with Crippen LogP contribution >= 0.6 is 0 Å². The van der Waals surface area contributed by atoms with Gasteiger partial charge >= 0.3 is 5.97 Å². The Bertz CT molecular complexity index is 683. The number of anilines is 2. The second kappa shape index (κ2) is 5.26. The van der Waals surface area contributed by atoms with Crippen molar-refractivity contribution >= 4 is 23.2 Å². The van der Waals surface area contributed by atoms with Crippen molar-refractivity contribution in [1.29, 1.82) is 0 Å². The molecular weight excluding hydrogens is 268 g/mol. The average molecular weight is 283 g/mol. The Morgan fingerprint density at radius 1 is 1.05 bits per heavy atom. The number of hydrazine groups is 1. The molecular formula is C15H15N4O2+. The maximum Gasteiger partial charge on any atom is 0.335 e. The fourth-order valence-corrected chi connectivity index (χ4v) is 2.14. The number of rotatable bonds is 3. The van der Waals surface area contributed by atoms with Gasteiger partial charge in [-0.25, -0.2) is 4.79 Å². The zero-order chi connectivity index (χ0) is 14.8. The number of quaternary nitrogens is 1. The first-order chi connectivity index (χ1) is 10.1. The first kappa shape index (κ1) is 13.1. The number of aromatic carboxylic acids is 1. The SMILES string of the molecule is CC1=NN(c2ccc(C(=O)O)cc2)N(c2ccccc2)[NH2+]1. The van der Waals surface area contributed by atoms with Gasteiger partial charge in [0.1, 0.15) is 5.69 Å². The predicted molar refractivity (Wildman–Crippen MR) is 79.8 cm³/mol. The zero-order valence-corrected chi connectivity index (χ0v) is 11.5. The molecule has 1 aliphatic heterocycles. The van der Waals surface area contributed by atoms with E-state index in [1.165, 1.54) is 0 Å². The Morgan fingerprint density at radius 3 is 2.33 bits per heavy atom. The molecule has 0 atom stereocenters. The highest BCUT2D eigenvalue weighted by Gasteiger charge is 2.27. The lowest BCUT2D eigenvalue weighted by molar-refractivity contribution is -0.547. The number of hydrazone groups is 1. The number of carbonyl (C=O) groups is 1.